The second-order valence-corrected chi connectivity index (χ2v) is 21.8. The van der Waals surface area contributed by atoms with Crippen LogP contribution in [0.4, 0.5) is 0 Å². The van der Waals surface area contributed by atoms with Crippen molar-refractivity contribution in [1.29, 1.82) is 0 Å². The van der Waals surface area contributed by atoms with E-state index in [1.807, 2.05) is 72.8 Å². The molecule has 400 valence electrons. The van der Waals surface area contributed by atoms with E-state index in [-0.39, 0.29) is 0 Å². The summed E-state index contributed by atoms with van der Waals surface area (Å²) >= 11 is 0. The molecule has 4 aromatic heterocycles. The number of benzene rings is 12. The van der Waals surface area contributed by atoms with Crippen LogP contribution in [0.3, 0.4) is 0 Å². The first-order valence-electron chi connectivity index (χ1n) is 28.9. The molecule has 1 aliphatic rings. The number of nitrogens with zero attached hydrogens (tertiary/aromatic N) is 8. The third-order valence-corrected chi connectivity index (χ3v) is 16.8. The first kappa shape index (κ1) is 48.9. The van der Waals surface area contributed by atoms with Gasteiger partial charge < -0.3 is 9.13 Å². The quantitative estimate of drug-likeness (QED) is 0.151. The van der Waals surface area contributed by atoms with Gasteiger partial charge in [-0.05, 0) is 105 Å². The van der Waals surface area contributed by atoms with Crippen LogP contribution in [0, 0.1) is 0 Å². The lowest BCUT2D eigenvalue weighted by Gasteiger charge is -2.26. The van der Waals surface area contributed by atoms with Crippen LogP contribution in [0.15, 0.2) is 291 Å². The van der Waals surface area contributed by atoms with Crippen molar-refractivity contribution >= 4 is 43.6 Å². The minimum atomic E-state index is 0.577. The summed E-state index contributed by atoms with van der Waals surface area (Å²) < 4.78 is 4.82. The van der Waals surface area contributed by atoms with Crippen molar-refractivity contribution in [2.75, 3.05) is 0 Å². The van der Waals surface area contributed by atoms with E-state index < -0.39 is 0 Å². The highest BCUT2D eigenvalue weighted by molar-refractivity contribution is 6.12. The van der Waals surface area contributed by atoms with Crippen LogP contribution in [-0.2, 0) is 0 Å². The van der Waals surface area contributed by atoms with Crippen molar-refractivity contribution in [3.63, 3.8) is 0 Å². The van der Waals surface area contributed by atoms with E-state index in [2.05, 4.69) is 228 Å². The fourth-order valence-corrected chi connectivity index (χ4v) is 12.8. The molecule has 86 heavy (non-hydrogen) atoms. The average molecular weight is 1100 g/mol. The Bertz CT molecular complexity index is 4790. The first-order valence-corrected chi connectivity index (χ1v) is 28.9. The van der Waals surface area contributed by atoms with E-state index in [0.29, 0.717) is 34.9 Å². The maximum atomic E-state index is 5.29. The molecule has 0 aliphatic heterocycles. The Morgan fingerprint density at radius 3 is 0.698 bits per heavy atom. The van der Waals surface area contributed by atoms with Crippen LogP contribution in [0.5, 0.6) is 0 Å². The summed E-state index contributed by atoms with van der Waals surface area (Å²) in [5.74, 6) is 3.56. The van der Waals surface area contributed by atoms with E-state index >= 15 is 0 Å². The van der Waals surface area contributed by atoms with Crippen molar-refractivity contribution in [2.45, 2.75) is 0 Å². The van der Waals surface area contributed by atoms with Crippen LogP contribution in [-0.4, -0.2) is 39.0 Å². The minimum absolute atomic E-state index is 0.577. The van der Waals surface area contributed by atoms with Gasteiger partial charge in [0, 0.05) is 66.3 Å². The third kappa shape index (κ3) is 8.14. The molecule has 0 saturated carbocycles. The summed E-state index contributed by atoms with van der Waals surface area (Å²) in [5, 5.41) is 4.81. The molecule has 0 unspecified atom stereocenters. The monoisotopic (exact) mass is 1100 g/mol. The maximum absolute atomic E-state index is 5.29. The topological polar surface area (TPSA) is 87.2 Å². The van der Waals surface area contributed by atoms with Gasteiger partial charge in [0.05, 0.1) is 22.1 Å². The Hall–Kier alpha value is -11.7. The van der Waals surface area contributed by atoms with Gasteiger partial charge in [0.15, 0.2) is 34.9 Å². The van der Waals surface area contributed by atoms with Crippen LogP contribution in [0.2, 0.25) is 0 Å². The van der Waals surface area contributed by atoms with Crippen molar-refractivity contribution in [3.05, 3.63) is 291 Å². The van der Waals surface area contributed by atoms with Gasteiger partial charge in [-0.25, -0.2) is 29.9 Å². The van der Waals surface area contributed by atoms with Gasteiger partial charge in [0.25, 0.3) is 0 Å². The number of para-hydroxylation sites is 4. The number of hydrogen-bond acceptors (Lipinski definition) is 6. The van der Waals surface area contributed by atoms with Gasteiger partial charge in [0.1, 0.15) is 0 Å². The normalized spacial score (nSPS) is 11.7. The van der Waals surface area contributed by atoms with Gasteiger partial charge in [-0.3, -0.25) is 0 Å². The van der Waals surface area contributed by atoms with Crippen molar-refractivity contribution < 1.29 is 0 Å². The predicted octanol–water partition coefficient (Wildman–Crippen LogP) is 19.2. The molecule has 0 atom stereocenters. The van der Waals surface area contributed by atoms with Gasteiger partial charge in [0.2, 0.25) is 0 Å². The molecule has 0 fully saturated rings. The molecule has 0 N–H and O–H groups in total. The molecule has 16 aromatic rings. The average Bonchev–Trinajstić information content (AvgIpc) is 1.33. The summed E-state index contributed by atoms with van der Waals surface area (Å²) in [6.07, 6.45) is 0. The summed E-state index contributed by atoms with van der Waals surface area (Å²) in [7, 11) is 0. The zero-order valence-corrected chi connectivity index (χ0v) is 46.3. The van der Waals surface area contributed by atoms with Gasteiger partial charge in [-0.1, -0.05) is 231 Å². The Kier molecular flexibility index (Phi) is 11.4. The Morgan fingerprint density at radius 1 is 0.174 bits per heavy atom. The molecule has 0 radical (unpaired) electrons. The number of aromatic nitrogens is 8. The summed E-state index contributed by atoms with van der Waals surface area (Å²) in [6.45, 7) is 0. The highest BCUT2D eigenvalue weighted by atomic mass is 15.0. The fraction of sp³-hybridized carbons (Fsp3) is 0. The molecular formula is C78H48N8. The number of hydrogen-bond donors (Lipinski definition) is 0. The smallest absolute Gasteiger partial charge is 0.164 e. The summed E-state index contributed by atoms with van der Waals surface area (Å²) in [4.78, 5) is 31.3. The lowest BCUT2D eigenvalue weighted by atomic mass is 9.79. The second-order valence-electron chi connectivity index (χ2n) is 21.8. The molecule has 0 bridgehead atoms. The fourth-order valence-electron chi connectivity index (χ4n) is 12.8. The minimum Gasteiger partial charge on any atom is -0.309 e. The lowest BCUT2D eigenvalue weighted by molar-refractivity contribution is 1.07. The van der Waals surface area contributed by atoms with Crippen molar-refractivity contribution in [3.8, 4) is 124 Å². The molecule has 12 aromatic carbocycles. The molecule has 17 rings (SSSR count). The summed E-state index contributed by atoms with van der Waals surface area (Å²) in [6, 6.07) is 103. The summed E-state index contributed by atoms with van der Waals surface area (Å²) in [5.41, 5.74) is 20.5. The van der Waals surface area contributed by atoms with Gasteiger partial charge in [-0.2, -0.15) is 0 Å². The maximum Gasteiger partial charge on any atom is 0.164 e. The number of rotatable bonds is 8. The van der Waals surface area contributed by atoms with E-state index in [1.165, 1.54) is 21.5 Å². The highest BCUT2D eigenvalue weighted by Gasteiger charge is 2.27. The van der Waals surface area contributed by atoms with E-state index in [4.69, 9.17) is 29.9 Å². The molecule has 8 heteroatoms. The molecule has 0 saturated heterocycles. The van der Waals surface area contributed by atoms with Crippen LogP contribution >= 0.6 is 0 Å². The van der Waals surface area contributed by atoms with Crippen LogP contribution in [0.1, 0.15) is 0 Å². The largest absolute Gasteiger partial charge is 0.309 e. The van der Waals surface area contributed by atoms with E-state index in [1.54, 1.807) is 0 Å². The van der Waals surface area contributed by atoms with E-state index in [9.17, 15) is 0 Å². The molecule has 1 aliphatic carbocycles. The molecule has 0 spiro atoms. The SMILES string of the molecule is c1ccc(-c2nc(-c3ccccc3)nc(-c3ccc4c(c3)-c3cc(-n5c6ccccc6c6ccccc65)ccc3-c3ccc(-n5c6ccccc6c6ccccc65)cc3-c3cc(-c5nc(-c6ccccc6)nc(-c6ccccc6)n5)ccc3-4)n2)cc1. The lowest BCUT2D eigenvalue weighted by Crippen LogP contribution is -2.04. The molecule has 4 heterocycles. The van der Waals surface area contributed by atoms with Crippen molar-refractivity contribution in [2.24, 2.45) is 0 Å². The molecular weight excluding hydrogens is 1050 g/mol. The Morgan fingerprint density at radius 2 is 0.407 bits per heavy atom. The van der Waals surface area contributed by atoms with Crippen molar-refractivity contribution in [1.82, 2.24) is 39.0 Å². The third-order valence-electron chi connectivity index (χ3n) is 16.8. The van der Waals surface area contributed by atoms with Gasteiger partial charge in [-0.15, -0.1) is 0 Å². The zero-order valence-electron chi connectivity index (χ0n) is 46.3. The molecule has 0 amide bonds. The Balaban J connectivity index is 0.960. The van der Waals surface area contributed by atoms with Gasteiger partial charge >= 0.3 is 0 Å². The standard InChI is InChI=1S/C78H48N8/c1-5-21-49(22-6-1)73-79-74(50-23-7-2-8-24-50)82-77(81-73)53-37-41-57-58-42-38-54(78-83-75(51-25-9-3-10-26-51)80-76(84-78)52-27-11-4-12-28-52)46-66(58)68-48-56(86-71-35-19-15-31-63(71)64-32-16-20-36-72(64)86)40-44-60(68)59-43-39-55(47-67(59)65(57)45-53)85-69-33-17-13-29-61(69)62-30-14-18-34-70(62)85/h1-48H. The Labute approximate surface area is 495 Å². The van der Waals surface area contributed by atoms with Crippen LogP contribution in [0.25, 0.3) is 168 Å². The highest BCUT2D eigenvalue weighted by Crippen LogP contribution is 2.51. The number of fused-ring (bicyclic) bond motifs is 14. The zero-order chi connectivity index (χ0) is 56.7. The first-order chi connectivity index (χ1) is 42.6. The van der Waals surface area contributed by atoms with E-state index in [0.717, 1.165) is 111 Å². The second kappa shape index (κ2) is 20.0. The predicted molar refractivity (Wildman–Crippen MR) is 350 cm³/mol. The van der Waals surface area contributed by atoms with Crippen LogP contribution < -0.4 is 0 Å². The molecule has 8 nitrogen and oxygen atoms in total.